The van der Waals surface area contributed by atoms with Gasteiger partial charge >= 0.3 is 0 Å². The van der Waals surface area contributed by atoms with Crippen LogP contribution in [0.15, 0.2) is 24.3 Å². The minimum Gasteiger partial charge on any atom is -0.396 e. The molecule has 1 unspecified atom stereocenters. The van der Waals surface area contributed by atoms with Crippen LogP contribution < -0.4 is 10.6 Å². The Hall–Kier alpha value is -1.92. The number of amides is 2. The van der Waals surface area contributed by atoms with Gasteiger partial charge in [-0.05, 0) is 25.5 Å². The van der Waals surface area contributed by atoms with Crippen LogP contribution in [0.4, 0.5) is 0 Å². The average Bonchev–Trinajstić information content (AvgIpc) is 2.46. The van der Waals surface area contributed by atoms with E-state index < -0.39 is 0 Å². The molecule has 0 heterocycles. The number of nitrogens with one attached hydrogen (secondary N) is 2. The molecule has 21 heavy (non-hydrogen) atoms. The van der Waals surface area contributed by atoms with Crippen molar-refractivity contribution >= 4 is 11.8 Å². The molecule has 1 aromatic carbocycles. The van der Waals surface area contributed by atoms with Crippen LogP contribution in [-0.4, -0.2) is 49.8 Å². The van der Waals surface area contributed by atoms with Crippen LogP contribution in [0.2, 0.25) is 0 Å². The van der Waals surface area contributed by atoms with E-state index in [0.717, 1.165) is 5.56 Å². The summed E-state index contributed by atoms with van der Waals surface area (Å²) in [6, 6.07) is 6.84. The molecule has 6 heteroatoms. The number of hydrogen-bond acceptors (Lipinski definition) is 4. The van der Waals surface area contributed by atoms with Crippen molar-refractivity contribution in [3.63, 3.8) is 0 Å². The van der Waals surface area contributed by atoms with E-state index in [1.165, 1.54) is 7.11 Å². The van der Waals surface area contributed by atoms with Gasteiger partial charge in [0, 0.05) is 19.3 Å². The Balaban J connectivity index is 2.41. The molecule has 0 aliphatic carbocycles. The second-order valence-electron chi connectivity index (χ2n) is 4.78. The molecule has 2 amide bonds. The maximum atomic E-state index is 11.8. The first-order valence-corrected chi connectivity index (χ1v) is 6.81. The molecule has 0 bridgehead atoms. The summed E-state index contributed by atoms with van der Waals surface area (Å²) in [7, 11) is 1.52. The number of hydrogen-bond donors (Lipinski definition) is 3. The van der Waals surface area contributed by atoms with Gasteiger partial charge in [0.2, 0.25) is 5.91 Å². The summed E-state index contributed by atoms with van der Waals surface area (Å²) in [6.07, 6.45) is 0.408. The van der Waals surface area contributed by atoms with Crippen molar-refractivity contribution in [2.24, 2.45) is 0 Å². The molecule has 0 spiro atoms. The number of carbonyl (C=O) groups is 2. The Morgan fingerprint density at radius 1 is 1.29 bits per heavy atom. The first-order chi connectivity index (χ1) is 10.1. The molecular formula is C15H22N2O4. The van der Waals surface area contributed by atoms with Gasteiger partial charge in [-0.3, -0.25) is 9.59 Å². The molecule has 1 atom stereocenters. The zero-order valence-electron chi connectivity index (χ0n) is 12.4. The molecule has 0 saturated carbocycles. The fourth-order valence-electron chi connectivity index (χ4n) is 1.80. The second-order valence-corrected chi connectivity index (χ2v) is 4.78. The normalized spacial score (nSPS) is 11.8. The highest BCUT2D eigenvalue weighted by atomic mass is 16.5. The van der Waals surface area contributed by atoms with Crippen LogP contribution >= 0.6 is 0 Å². The highest BCUT2D eigenvalue weighted by Gasteiger charge is 2.13. The molecule has 0 aromatic heterocycles. The molecule has 0 fully saturated rings. The van der Waals surface area contributed by atoms with Gasteiger partial charge in [-0.15, -0.1) is 0 Å². The Labute approximate surface area is 124 Å². The minimum atomic E-state index is -0.314. The van der Waals surface area contributed by atoms with E-state index in [0.29, 0.717) is 18.6 Å². The highest BCUT2D eigenvalue weighted by Crippen LogP contribution is 2.02. The summed E-state index contributed by atoms with van der Waals surface area (Å²) in [4.78, 5) is 23.6. The van der Waals surface area contributed by atoms with Crippen molar-refractivity contribution in [2.75, 3.05) is 26.9 Å². The molecule has 6 nitrogen and oxygen atoms in total. The quantitative estimate of drug-likeness (QED) is 0.641. The van der Waals surface area contributed by atoms with Gasteiger partial charge in [0.05, 0.1) is 19.2 Å². The molecule has 0 aliphatic heterocycles. The summed E-state index contributed by atoms with van der Waals surface area (Å²) in [5.41, 5.74) is 1.58. The predicted octanol–water partition coefficient (Wildman–Crippen LogP) is 0.238. The summed E-state index contributed by atoms with van der Waals surface area (Å²) in [5, 5.41) is 14.1. The van der Waals surface area contributed by atoms with Crippen LogP contribution in [0, 0.1) is 6.92 Å². The molecular weight excluding hydrogens is 272 g/mol. The van der Waals surface area contributed by atoms with E-state index in [4.69, 9.17) is 9.84 Å². The third kappa shape index (κ3) is 6.37. The topological polar surface area (TPSA) is 87.7 Å². The van der Waals surface area contributed by atoms with Crippen molar-refractivity contribution in [1.82, 2.24) is 10.6 Å². The standard InChI is InChI=1S/C15H22N2O4/c1-11-3-5-12(6-4-11)15(20)16-9-14(19)17-13(7-8-18)10-21-2/h3-6,13,18H,7-10H2,1-2H3,(H,16,20)(H,17,19). The van der Waals surface area contributed by atoms with E-state index in [1.54, 1.807) is 12.1 Å². The van der Waals surface area contributed by atoms with Crippen molar-refractivity contribution in [3.8, 4) is 0 Å². The zero-order chi connectivity index (χ0) is 15.7. The maximum absolute atomic E-state index is 11.8. The van der Waals surface area contributed by atoms with Crippen LogP contribution in [0.5, 0.6) is 0 Å². The number of ether oxygens (including phenoxy) is 1. The van der Waals surface area contributed by atoms with Gasteiger partial charge < -0.3 is 20.5 Å². The molecule has 116 valence electrons. The van der Waals surface area contributed by atoms with Crippen LogP contribution in [-0.2, 0) is 9.53 Å². The molecule has 1 aromatic rings. The lowest BCUT2D eigenvalue weighted by Gasteiger charge is -2.17. The number of methoxy groups -OCH3 is 1. The van der Waals surface area contributed by atoms with Crippen molar-refractivity contribution < 1.29 is 19.4 Å². The van der Waals surface area contributed by atoms with Crippen LogP contribution in [0.25, 0.3) is 0 Å². The van der Waals surface area contributed by atoms with E-state index in [-0.39, 0.29) is 31.0 Å². The van der Waals surface area contributed by atoms with E-state index in [1.807, 2.05) is 19.1 Å². The lowest BCUT2D eigenvalue weighted by atomic mass is 10.1. The van der Waals surface area contributed by atoms with Gasteiger partial charge in [-0.1, -0.05) is 17.7 Å². The van der Waals surface area contributed by atoms with Crippen molar-refractivity contribution in [3.05, 3.63) is 35.4 Å². The first-order valence-electron chi connectivity index (χ1n) is 6.81. The van der Waals surface area contributed by atoms with Gasteiger partial charge in [0.15, 0.2) is 0 Å². The van der Waals surface area contributed by atoms with E-state index >= 15 is 0 Å². The Morgan fingerprint density at radius 2 is 1.95 bits per heavy atom. The summed E-state index contributed by atoms with van der Waals surface area (Å²) < 4.78 is 4.95. The Bertz CT molecular complexity index is 453. The number of aliphatic hydroxyl groups is 1. The summed E-state index contributed by atoms with van der Waals surface area (Å²) in [5.74, 6) is -0.610. The first kappa shape index (κ1) is 17.1. The number of rotatable bonds is 8. The molecule has 0 aliphatic rings. The van der Waals surface area contributed by atoms with Gasteiger partial charge in [-0.25, -0.2) is 0 Å². The summed E-state index contributed by atoms with van der Waals surface area (Å²) in [6.45, 7) is 2.10. The Kier molecular flexibility index (Phi) is 7.42. The van der Waals surface area contributed by atoms with Gasteiger partial charge in [0.1, 0.15) is 0 Å². The number of carbonyl (C=O) groups excluding carboxylic acids is 2. The molecule has 3 N–H and O–H groups in total. The van der Waals surface area contributed by atoms with Gasteiger partial charge in [-0.2, -0.15) is 0 Å². The second kappa shape index (κ2) is 9.10. The monoisotopic (exact) mass is 294 g/mol. The van der Waals surface area contributed by atoms with Gasteiger partial charge in [0.25, 0.3) is 5.91 Å². The Morgan fingerprint density at radius 3 is 2.52 bits per heavy atom. The maximum Gasteiger partial charge on any atom is 0.251 e. The molecule has 0 radical (unpaired) electrons. The van der Waals surface area contributed by atoms with Crippen LogP contribution in [0.1, 0.15) is 22.3 Å². The summed E-state index contributed by atoms with van der Waals surface area (Å²) >= 11 is 0. The third-order valence-corrected chi connectivity index (χ3v) is 2.93. The molecule has 1 rings (SSSR count). The van der Waals surface area contributed by atoms with E-state index in [9.17, 15) is 9.59 Å². The van der Waals surface area contributed by atoms with Crippen LogP contribution in [0.3, 0.4) is 0 Å². The number of aliphatic hydroxyl groups excluding tert-OH is 1. The lowest BCUT2D eigenvalue weighted by Crippen LogP contribution is -2.44. The highest BCUT2D eigenvalue weighted by molar-refractivity contribution is 5.96. The zero-order valence-corrected chi connectivity index (χ0v) is 12.4. The number of aryl methyl sites for hydroxylation is 1. The average molecular weight is 294 g/mol. The largest absolute Gasteiger partial charge is 0.396 e. The van der Waals surface area contributed by atoms with Crippen molar-refractivity contribution in [1.29, 1.82) is 0 Å². The fourth-order valence-corrected chi connectivity index (χ4v) is 1.80. The smallest absolute Gasteiger partial charge is 0.251 e. The lowest BCUT2D eigenvalue weighted by molar-refractivity contribution is -0.121. The number of benzene rings is 1. The predicted molar refractivity (Wildman–Crippen MR) is 79.0 cm³/mol. The molecule has 0 saturated heterocycles. The minimum absolute atomic E-state index is 0.0377. The SMILES string of the molecule is COCC(CCO)NC(=O)CNC(=O)c1ccc(C)cc1. The third-order valence-electron chi connectivity index (χ3n) is 2.93. The van der Waals surface area contributed by atoms with E-state index in [2.05, 4.69) is 10.6 Å². The van der Waals surface area contributed by atoms with Crippen molar-refractivity contribution in [2.45, 2.75) is 19.4 Å². The fraction of sp³-hybridized carbons (Fsp3) is 0.467.